The summed E-state index contributed by atoms with van der Waals surface area (Å²) in [6.07, 6.45) is 5.74. The lowest BCUT2D eigenvalue weighted by Gasteiger charge is -2.23. The van der Waals surface area contributed by atoms with Gasteiger partial charge in [-0.25, -0.2) is 4.98 Å². The minimum absolute atomic E-state index is 0.0175. The number of anilines is 1. The first-order chi connectivity index (χ1) is 10.0. The summed E-state index contributed by atoms with van der Waals surface area (Å²) in [5, 5.41) is 20.1. The molecular weight excluding hydrogens is 296 g/mol. The van der Waals surface area contributed by atoms with Gasteiger partial charge in [-0.05, 0) is 17.7 Å². The molecule has 1 saturated heterocycles. The number of nitrogens with zero attached hydrogens (tertiary/aromatic N) is 3. The first-order valence-electron chi connectivity index (χ1n) is 6.25. The van der Waals surface area contributed by atoms with Crippen molar-refractivity contribution in [3.05, 3.63) is 17.5 Å². The van der Waals surface area contributed by atoms with Crippen LogP contribution in [0.4, 0.5) is 5.82 Å². The number of hydrogen-bond acceptors (Lipinski definition) is 6. The number of halogens is 1. The minimum atomic E-state index is -1.41. The summed E-state index contributed by atoms with van der Waals surface area (Å²) in [5.74, 6) is 2.58. The number of fused-ring (bicyclic) bond motifs is 1. The molecule has 0 spiro atoms. The van der Waals surface area contributed by atoms with Crippen molar-refractivity contribution >= 4 is 28.5 Å². The molecule has 0 bridgehead atoms. The van der Waals surface area contributed by atoms with Crippen molar-refractivity contribution in [3.8, 4) is 12.3 Å². The zero-order chi connectivity index (χ0) is 15.2. The van der Waals surface area contributed by atoms with Crippen molar-refractivity contribution in [3.63, 3.8) is 0 Å². The summed E-state index contributed by atoms with van der Waals surface area (Å²) in [5.41, 5.74) is 4.86. The number of aromatic nitrogens is 3. The largest absolute Gasteiger partial charge is 0.392 e. The summed E-state index contributed by atoms with van der Waals surface area (Å²) < 4.78 is 7.34. The van der Waals surface area contributed by atoms with Gasteiger partial charge in [0.1, 0.15) is 23.8 Å². The highest BCUT2D eigenvalue weighted by molar-refractivity contribution is 6.28. The van der Waals surface area contributed by atoms with E-state index >= 15 is 0 Å². The Balaban J connectivity index is 2.05. The van der Waals surface area contributed by atoms with Crippen molar-refractivity contribution in [2.45, 2.75) is 24.4 Å². The van der Waals surface area contributed by atoms with E-state index in [-0.39, 0.29) is 17.5 Å². The molecule has 0 aromatic carbocycles. The molecule has 1 unspecified atom stereocenters. The normalized spacial score (nSPS) is 28.9. The molecule has 3 rings (SSSR count). The van der Waals surface area contributed by atoms with E-state index in [9.17, 15) is 10.2 Å². The van der Waals surface area contributed by atoms with Crippen LogP contribution in [-0.4, -0.2) is 43.1 Å². The van der Waals surface area contributed by atoms with Crippen LogP contribution in [0.1, 0.15) is 12.6 Å². The van der Waals surface area contributed by atoms with Crippen molar-refractivity contribution in [2.24, 2.45) is 0 Å². The number of aliphatic hydroxyl groups excluding tert-OH is 2. The van der Waals surface area contributed by atoms with E-state index < -0.39 is 24.5 Å². The van der Waals surface area contributed by atoms with Gasteiger partial charge in [-0.3, -0.25) is 0 Å². The molecule has 7 nitrogen and oxygen atoms in total. The second-order valence-corrected chi connectivity index (χ2v) is 5.19. The van der Waals surface area contributed by atoms with Crippen molar-refractivity contribution in [2.75, 3.05) is 12.3 Å². The van der Waals surface area contributed by atoms with Crippen molar-refractivity contribution in [1.82, 2.24) is 14.5 Å². The molecule has 3 heterocycles. The van der Waals surface area contributed by atoms with Crippen LogP contribution in [0.2, 0.25) is 5.28 Å². The molecule has 2 aromatic rings. The van der Waals surface area contributed by atoms with E-state index in [1.807, 2.05) is 0 Å². The Kier molecular flexibility index (Phi) is 3.26. The van der Waals surface area contributed by atoms with Crippen LogP contribution in [0.15, 0.2) is 12.3 Å². The monoisotopic (exact) mass is 308 g/mol. The molecule has 1 aliphatic rings. The first-order valence-corrected chi connectivity index (χ1v) is 6.62. The molecule has 4 N–H and O–H groups in total. The number of nitrogens with two attached hydrogens (primary N) is 1. The molecule has 110 valence electrons. The second-order valence-electron chi connectivity index (χ2n) is 4.85. The van der Waals surface area contributed by atoms with Crippen LogP contribution >= 0.6 is 11.6 Å². The number of hydrogen-bond donors (Lipinski definition) is 3. The van der Waals surface area contributed by atoms with Crippen molar-refractivity contribution in [1.29, 1.82) is 0 Å². The van der Waals surface area contributed by atoms with Crippen LogP contribution in [0.5, 0.6) is 0 Å². The third kappa shape index (κ3) is 2.04. The summed E-state index contributed by atoms with van der Waals surface area (Å²) in [6, 6.07) is 1.73. The fourth-order valence-electron chi connectivity index (χ4n) is 2.50. The fourth-order valence-corrected chi connectivity index (χ4v) is 2.67. The predicted octanol–water partition coefficient (Wildman–Crippen LogP) is 0.311. The molecular formula is C13H13ClN4O3. The molecule has 1 aliphatic heterocycles. The van der Waals surface area contributed by atoms with Gasteiger partial charge in [0.15, 0.2) is 5.60 Å². The predicted molar refractivity (Wildman–Crippen MR) is 76.3 cm³/mol. The van der Waals surface area contributed by atoms with Gasteiger partial charge in [-0.1, -0.05) is 5.92 Å². The Labute approximate surface area is 125 Å². The lowest BCUT2D eigenvalue weighted by atomic mass is 9.99. The fraction of sp³-hybridized carbons (Fsp3) is 0.385. The van der Waals surface area contributed by atoms with E-state index in [2.05, 4.69) is 15.9 Å². The summed E-state index contributed by atoms with van der Waals surface area (Å²) in [7, 11) is 0. The van der Waals surface area contributed by atoms with Crippen molar-refractivity contribution < 1.29 is 14.9 Å². The smallest absolute Gasteiger partial charge is 0.226 e. The third-order valence-electron chi connectivity index (χ3n) is 3.67. The Morgan fingerprint density at radius 1 is 1.62 bits per heavy atom. The van der Waals surface area contributed by atoms with Crippen LogP contribution in [0.25, 0.3) is 11.0 Å². The molecule has 8 heteroatoms. The van der Waals surface area contributed by atoms with Gasteiger partial charge < -0.3 is 25.3 Å². The molecule has 1 fully saturated rings. The second kappa shape index (κ2) is 4.86. The highest BCUT2D eigenvalue weighted by Crippen LogP contribution is 2.38. The number of ether oxygens (including phenoxy) is 1. The molecule has 0 saturated carbocycles. The van der Waals surface area contributed by atoms with E-state index in [0.29, 0.717) is 11.0 Å². The minimum Gasteiger partial charge on any atom is -0.392 e. The lowest BCUT2D eigenvalue weighted by Crippen LogP contribution is -2.41. The molecule has 3 atom stereocenters. The van der Waals surface area contributed by atoms with Crippen LogP contribution < -0.4 is 5.73 Å². The third-order valence-corrected chi connectivity index (χ3v) is 3.84. The highest BCUT2D eigenvalue weighted by Gasteiger charge is 2.47. The van der Waals surface area contributed by atoms with Gasteiger partial charge >= 0.3 is 0 Å². The molecule has 21 heavy (non-hydrogen) atoms. The molecule has 0 radical (unpaired) electrons. The number of aliphatic hydroxyl groups is 2. The Morgan fingerprint density at radius 2 is 2.38 bits per heavy atom. The molecule has 0 amide bonds. The van der Waals surface area contributed by atoms with Crippen LogP contribution in [0.3, 0.4) is 0 Å². The quantitative estimate of drug-likeness (QED) is 0.544. The summed E-state index contributed by atoms with van der Waals surface area (Å²) in [4.78, 5) is 8.00. The lowest BCUT2D eigenvalue weighted by molar-refractivity contribution is -0.0890. The zero-order valence-corrected chi connectivity index (χ0v) is 11.7. The maximum Gasteiger partial charge on any atom is 0.226 e. The van der Waals surface area contributed by atoms with Gasteiger partial charge in [-0.15, -0.1) is 6.42 Å². The summed E-state index contributed by atoms with van der Waals surface area (Å²) in [6.45, 7) is -0.474. The topological polar surface area (TPSA) is 106 Å². The SMILES string of the molecule is C#CC1(CO)O[C@@H](n2ccc3c(N)nc(Cl)nc32)C[C@@H]1O. The van der Waals surface area contributed by atoms with Gasteiger partial charge in [-0.2, -0.15) is 4.98 Å². The first kappa shape index (κ1) is 14.1. The molecule has 0 aliphatic carbocycles. The van der Waals surface area contributed by atoms with Gasteiger partial charge in [0, 0.05) is 12.6 Å². The Bertz CT molecular complexity index is 741. The van der Waals surface area contributed by atoms with Gasteiger partial charge in [0.05, 0.1) is 12.0 Å². The van der Waals surface area contributed by atoms with Crippen LogP contribution in [0, 0.1) is 12.3 Å². The number of rotatable bonds is 2. The standard InChI is InChI=1S/C13H13ClN4O3/c1-2-13(6-19)8(20)5-9(21-13)18-4-3-7-10(15)16-12(14)17-11(7)18/h1,3-4,8-9,19-20H,5-6H2,(H2,15,16,17)/t8-,9+,13?/m0/s1. The van der Waals surface area contributed by atoms with Gasteiger partial charge in [0.2, 0.25) is 5.28 Å². The van der Waals surface area contributed by atoms with E-state index in [4.69, 9.17) is 28.5 Å². The van der Waals surface area contributed by atoms with E-state index in [0.717, 1.165) is 0 Å². The maximum absolute atomic E-state index is 10.1. The Morgan fingerprint density at radius 3 is 3.00 bits per heavy atom. The summed E-state index contributed by atoms with van der Waals surface area (Å²) >= 11 is 5.82. The van der Waals surface area contributed by atoms with Gasteiger partial charge in [0.25, 0.3) is 0 Å². The number of terminal acetylenes is 1. The number of nitrogen functional groups attached to an aromatic ring is 1. The van der Waals surface area contributed by atoms with E-state index in [1.165, 1.54) is 0 Å². The average Bonchev–Trinajstić information content (AvgIpc) is 3.00. The highest BCUT2D eigenvalue weighted by atomic mass is 35.5. The molecule has 2 aromatic heterocycles. The maximum atomic E-state index is 10.1. The van der Waals surface area contributed by atoms with Crippen LogP contribution in [-0.2, 0) is 4.74 Å². The Hall–Kier alpha value is -1.85. The zero-order valence-electron chi connectivity index (χ0n) is 10.9. The average molecular weight is 309 g/mol. The van der Waals surface area contributed by atoms with E-state index in [1.54, 1.807) is 16.8 Å².